The molecule has 5 heteroatoms. The maximum atomic E-state index is 5.87. The topological polar surface area (TPSA) is 60.2 Å². The third-order valence-corrected chi connectivity index (χ3v) is 3.94. The van der Waals surface area contributed by atoms with Crippen LogP contribution in [0.4, 0.5) is 11.5 Å². The molecular formula is C14H17N3OS. The van der Waals surface area contributed by atoms with Crippen LogP contribution in [-0.4, -0.2) is 11.6 Å². The summed E-state index contributed by atoms with van der Waals surface area (Å²) < 4.78 is 5.66. The summed E-state index contributed by atoms with van der Waals surface area (Å²) in [5, 5.41) is 5.35. The lowest BCUT2D eigenvalue weighted by molar-refractivity contribution is 0.290. The molecule has 0 radical (unpaired) electrons. The van der Waals surface area contributed by atoms with Gasteiger partial charge in [0.25, 0.3) is 0 Å². The fourth-order valence-corrected chi connectivity index (χ4v) is 2.38. The van der Waals surface area contributed by atoms with Gasteiger partial charge in [-0.25, -0.2) is 0 Å². The molecular weight excluding hydrogens is 258 g/mol. The Kier molecular flexibility index (Phi) is 3.55. The van der Waals surface area contributed by atoms with Gasteiger partial charge in [0.2, 0.25) is 5.88 Å². The Morgan fingerprint density at radius 1 is 1.37 bits per heavy atom. The van der Waals surface area contributed by atoms with Crippen molar-refractivity contribution < 1.29 is 4.74 Å². The number of rotatable bonds is 6. The van der Waals surface area contributed by atoms with Gasteiger partial charge in [-0.2, -0.15) is 4.98 Å². The van der Waals surface area contributed by atoms with E-state index in [0.717, 1.165) is 19.0 Å². The molecule has 4 nitrogen and oxygen atoms in total. The highest BCUT2D eigenvalue weighted by Crippen LogP contribution is 2.30. The number of aromatic nitrogens is 1. The molecule has 2 aromatic rings. The number of ether oxygens (including phenoxy) is 1. The summed E-state index contributed by atoms with van der Waals surface area (Å²) in [6.07, 6.45) is 2.52. The molecule has 0 spiro atoms. The van der Waals surface area contributed by atoms with Gasteiger partial charge in [0.15, 0.2) is 0 Å². The van der Waals surface area contributed by atoms with Crippen LogP contribution in [0.25, 0.3) is 0 Å². The maximum absolute atomic E-state index is 5.87. The molecule has 3 N–H and O–H groups in total. The summed E-state index contributed by atoms with van der Waals surface area (Å²) in [6, 6.07) is 7.86. The summed E-state index contributed by atoms with van der Waals surface area (Å²) in [4.78, 5) is 5.69. The lowest BCUT2D eigenvalue weighted by Gasteiger charge is -2.10. The van der Waals surface area contributed by atoms with Crippen LogP contribution >= 0.6 is 11.3 Å². The number of hydrogen-bond donors (Lipinski definition) is 2. The van der Waals surface area contributed by atoms with Crippen molar-refractivity contribution in [1.29, 1.82) is 0 Å². The number of hydrogen-bond acceptors (Lipinski definition) is 5. The molecule has 19 heavy (non-hydrogen) atoms. The normalized spacial score (nSPS) is 14.3. The van der Waals surface area contributed by atoms with Gasteiger partial charge >= 0.3 is 0 Å². The smallest absolute Gasteiger partial charge is 0.239 e. The minimum Gasteiger partial charge on any atom is -0.476 e. The predicted molar refractivity (Wildman–Crippen MR) is 78.5 cm³/mol. The van der Waals surface area contributed by atoms with Crippen molar-refractivity contribution in [3.8, 4) is 5.88 Å². The van der Waals surface area contributed by atoms with E-state index in [1.165, 1.54) is 17.7 Å². The number of pyridine rings is 1. The third-order valence-electron chi connectivity index (χ3n) is 3.07. The summed E-state index contributed by atoms with van der Waals surface area (Å²) in [6.45, 7) is 1.50. The Morgan fingerprint density at radius 3 is 3.00 bits per heavy atom. The summed E-state index contributed by atoms with van der Waals surface area (Å²) in [5.41, 5.74) is 6.47. The molecule has 0 saturated heterocycles. The number of anilines is 2. The van der Waals surface area contributed by atoms with Gasteiger partial charge in [-0.05, 0) is 42.3 Å². The average Bonchev–Trinajstić information content (AvgIpc) is 3.10. The van der Waals surface area contributed by atoms with Gasteiger partial charge in [-0.15, -0.1) is 11.3 Å². The molecule has 2 heterocycles. The lowest BCUT2D eigenvalue weighted by Crippen LogP contribution is -2.06. The minimum atomic E-state index is 0.545. The first kappa shape index (κ1) is 12.3. The Bertz CT molecular complexity index is 538. The van der Waals surface area contributed by atoms with Gasteiger partial charge in [-0.1, -0.05) is 6.07 Å². The number of nitrogens with two attached hydrogens (primary N) is 1. The van der Waals surface area contributed by atoms with E-state index < -0.39 is 0 Å². The largest absolute Gasteiger partial charge is 0.476 e. The zero-order valence-electron chi connectivity index (χ0n) is 10.6. The van der Waals surface area contributed by atoms with Gasteiger partial charge < -0.3 is 15.8 Å². The minimum absolute atomic E-state index is 0.545. The van der Waals surface area contributed by atoms with Crippen molar-refractivity contribution in [3.05, 3.63) is 34.5 Å². The first-order chi connectivity index (χ1) is 9.31. The highest BCUT2D eigenvalue weighted by atomic mass is 32.1. The van der Waals surface area contributed by atoms with Gasteiger partial charge in [0.1, 0.15) is 5.82 Å². The molecule has 0 aliphatic heterocycles. The second-order valence-electron chi connectivity index (χ2n) is 4.78. The monoisotopic (exact) mass is 275 g/mol. The quantitative estimate of drug-likeness (QED) is 0.850. The molecule has 3 rings (SSSR count). The Morgan fingerprint density at radius 2 is 2.26 bits per heavy atom. The lowest BCUT2D eigenvalue weighted by atomic mass is 10.4. The van der Waals surface area contributed by atoms with Crippen LogP contribution in [0.5, 0.6) is 5.88 Å². The van der Waals surface area contributed by atoms with Crippen LogP contribution in [-0.2, 0) is 6.54 Å². The van der Waals surface area contributed by atoms with Crippen molar-refractivity contribution in [2.24, 2.45) is 5.92 Å². The molecule has 1 aliphatic carbocycles. The van der Waals surface area contributed by atoms with Crippen molar-refractivity contribution in [2.75, 3.05) is 17.7 Å². The molecule has 0 bridgehead atoms. The van der Waals surface area contributed by atoms with E-state index in [1.54, 1.807) is 11.3 Å². The van der Waals surface area contributed by atoms with E-state index in [2.05, 4.69) is 21.7 Å². The third kappa shape index (κ3) is 3.38. The zero-order valence-corrected chi connectivity index (χ0v) is 11.5. The average molecular weight is 275 g/mol. The molecule has 100 valence electrons. The number of thiophene rings is 1. The second kappa shape index (κ2) is 5.48. The van der Waals surface area contributed by atoms with Crippen molar-refractivity contribution >= 4 is 22.8 Å². The molecule has 1 saturated carbocycles. The van der Waals surface area contributed by atoms with E-state index >= 15 is 0 Å². The van der Waals surface area contributed by atoms with Gasteiger partial charge in [-0.3, -0.25) is 0 Å². The van der Waals surface area contributed by atoms with E-state index in [9.17, 15) is 0 Å². The highest BCUT2D eigenvalue weighted by Gasteiger charge is 2.22. The Balaban J connectivity index is 1.62. The van der Waals surface area contributed by atoms with Crippen LogP contribution in [0.1, 0.15) is 17.7 Å². The van der Waals surface area contributed by atoms with Crippen LogP contribution < -0.4 is 15.8 Å². The first-order valence-electron chi connectivity index (χ1n) is 6.47. The summed E-state index contributed by atoms with van der Waals surface area (Å²) in [5.74, 6) is 2.04. The fraction of sp³-hybridized carbons (Fsp3) is 0.357. The highest BCUT2D eigenvalue weighted by molar-refractivity contribution is 7.09. The number of nitrogens with zero attached hydrogens (tertiary/aromatic N) is 1. The van der Waals surface area contributed by atoms with Crippen LogP contribution in [0.15, 0.2) is 29.6 Å². The van der Waals surface area contributed by atoms with E-state index in [4.69, 9.17) is 10.5 Å². The fourth-order valence-electron chi connectivity index (χ4n) is 1.74. The van der Waals surface area contributed by atoms with Crippen molar-refractivity contribution in [2.45, 2.75) is 19.4 Å². The molecule has 0 atom stereocenters. The predicted octanol–water partition coefficient (Wildman–Crippen LogP) is 3.13. The maximum Gasteiger partial charge on any atom is 0.239 e. The van der Waals surface area contributed by atoms with E-state index in [-0.39, 0.29) is 0 Å². The zero-order chi connectivity index (χ0) is 13.1. The molecule has 0 unspecified atom stereocenters. The van der Waals surface area contributed by atoms with Gasteiger partial charge in [0, 0.05) is 4.88 Å². The molecule has 2 aromatic heterocycles. The first-order valence-corrected chi connectivity index (χ1v) is 7.35. The number of nitrogens with one attached hydrogen (secondary N) is 1. The molecule has 0 amide bonds. The standard InChI is InChI=1S/C14H17N3OS/c15-12-5-6-13(16-8-11-2-1-7-19-11)17-14(12)18-9-10-3-4-10/h1-2,5-7,10H,3-4,8-9,15H2,(H,16,17). The SMILES string of the molecule is Nc1ccc(NCc2cccs2)nc1OCC1CC1. The van der Waals surface area contributed by atoms with Crippen LogP contribution in [0, 0.1) is 5.92 Å². The number of nitrogen functional groups attached to an aromatic ring is 1. The Hall–Kier alpha value is -1.75. The summed E-state index contributed by atoms with van der Waals surface area (Å²) in [7, 11) is 0. The molecule has 1 fully saturated rings. The Labute approximate surface area is 116 Å². The van der Waals surface area contributed by atoms with E-state index in [0.29, 0.717) is 17.5 Å². The molecule has 0 aromatic carbocycles. The summed E-state index contributed by atoms with van der Waals surface area (Å²) >= 11 is 1.73. The molecule has 1 aliphatic rings. The van der Waals surface area contributed by atoms with Crippen molar-refractivity contribution in [3.63, 3.8) is 0 Å². The van der Waals surface area contributed by atoms with Crippen molar-refractivity contribution in [1.82, 2.24) is 4.98 Å². The van der Waals surface area contributed by atoms with Crippen LogP contribution in [0.2, 0.25) is 0 Å². The van der Waals surface area contributed by atoms with E-state index in [1.807, 2.05) is 18.2 Å². The van der Waals surface area contributed by atoms with Crippen LogP contribution in [0.3, 0.4) is 0 Å². The second-order valence-corrected chi connectivity index (χ2v) is 5.81. The van der Waals surface area contributed by atoms with Gasteiger partial charge in [0.05, 0.1) is 18.8 Å².